The van der Waals surface area contributed by atoms with Crippen molar-refractivity contribution in [3.05, 3.63) is 57.8 Å². The molecule has 1 heterocycles. The van der Waals surface area contributed by atoms with Crippen LogP contribution in [-0.4, -0.2) is 17.6 Å². The van der Waals surface area contributed by atoms with Crippen molar-refractivity contribution < 1.29 is 23.1 Å². The summed E-state index contributed by atoms with van der Waals surface area (Å²) in [6, 6.07) is 7.83. The summed E-state index contributed by atoms with van der Waals surface area (Å²) in [5.41, 5.74) is -0.917. The molecule has 2 rings (SSSR count). The molecule has 1 atom stereocenters. The quantitative estimate of drug-likeness (QED) is 0.880. The van der Waals surface area contributed by atoms with E-state index in [0.29, 0.717) is 6.42 Å². The molecule has 0 aliphatic carbocycles. The summed E-state index contributed by atoms with van der Waals surface area (Å²) < 4.78 is 37.7. The Morgan fingerprint density at radius 2 is 2.05 bits per heavy atom. The molecule has 0 saturated carbocycles. The highest BCUT2D eigenvalue weighted by atomic mass is 32.1. The maximum atomic E-state index is 12.6. The second kappa shape index (κ2) is 6.93. The van der Waals surface area contributed by atoms with E-state index >= 15 is 0 Å². The van der Waals surface area contributed by atoms with E-state index in [2.05, 4.69) is 5.32 Å². The van der Waals surface area contributed by atoms with Crippen LogP contribution in [0.15, 0.2) is 41.8 Å². The first kappa shape index (κ1) is 16.5. The summed E-state index contributed by atoms with van der Waals surface area (Å²) in [4.78, 5) is 12.6. The van der Waals surface area contributed by atoms with Gasteiger partial charge in [-0.15, -0.1) is 11.3 Å². The summed E-state index contributed by atoms with van der Waals surface area (Å²) in [5, 5.41) is 14.2. The Labute approximate surface area is 129 Å². The number of halogens is 3. The lowest BCUT2D eigenvalue weighted by Gasteiger charge is -2.11. The third-order valence-electron chi connectivity index (χ3n) is 3.03. The lowest BCUT2D eigenvalue weighted by molar-refractivity contribution is -0.137. The van der Waals surface area contributed by atoms with Crippen molar-refractivity contribution in [2.24, 2.45) is 0 Å². The van der Waals surface area contributed by atoms with Gasteiger partial charge in [0.15, 0.2) is 0 Å². The molecule has 2 N–H and O–H groups in total. The Bertz CT molecular complexity index is 626. The SMILES string of the molecule is O=C(NCCC(O)c1cccs1)c1cccc(C(F)(F)F)c1. The number of hydrogen-bond donors (Lipinski definition) is 2. The third-order valence-corrected chi connectivity index (χ3v) is 4.00. The largest absolute Gasteiger partial charge is 0.416 e. The molecule has 1 amide bonds. The minimum absolute atomic E-state index is 0.0551. The number of hydrogen-bond acceptors (Lipinski definition) is 3. The summed E-state index contributed by atoms with van der Waals surface area (Å²) in [7, 11) is 0. The second-order valence-corrected chi connectivity index (χ2v) is 5.63. The van der Waals surface area contributed by atoms with Gasteiger partial charge in [-0.05, 0) is 36.1 Å². The van der Waals surface area contributed by atoms with Gasteiger partial charge in [-0.2, -0.15) is 13.2 Å². The lowest BCUT2D eigenvalue weighted by atomic mass is 10.1. The first-order valence-electron chi connectivity index (χ1n) is 6.55. The van der Waals surface area contributed by atoms with Crippen LogP contribution >= 0.6 is 11.3 Å². The minimum Gasteiger partial charge on any atom is -0.388 e. The topological polar surface area (TPSA) is 49.3 Å². The standard InChI is InChI=1S/C15H14F3NO2S/c16-15(17,18)11-4-1-3-10(9-11)14(21)19-7-6-12(20)13-5-2-8-22-13/h1-5,8-9,12,20H,6-7H2,(H,19,21). The van der Waals surface area contributed by atoms with Crippen molar-refractivity contribution in [1.82, 2.24) is 5.32 Å². The van der Waals surface area contributed by atoms with E-state index in [0.717, 1.165) is 17.0 Å². The normalized spacial score (nSPS) is 12.9. The third kappa shape index (κ3) is 4.32. The van der Waals surface area contributed by atoms with E-state index in [4.69, 9.17) is 0 Å². The number of benzene rings is 1. The molecule has 0 aliphatic rings. The van der Waals surface area contributed by atoms with Gasteiger partial charge in [0.25, 0.3) is 5.91 Å². The van der Waals surface area contributed by atoms with E-state index in [1.54, 1.807) is 6.07 Å². The highest BCUT2D eigenvalue weighted by molar-refractivity contribution is 7.10. The molecule has 22 heavy (non-hydrogen) atoms. The second-order valence-electron chi connectivity index (χ2n) is 4.65. The van der Waals surface area contributed by atoms with Crippen molar-refractivity contribution in [3.63, 3.8) is 0 Å². The van der Waals surface area contributed by atoms with Gasteiger partial charge in [0.2, 0.25) is 0 Å². The van der Waals surface area contributed by atoms with Crippen LogP contribution in [0.2, 0.25) is 0 Å². The Kier molecular flexibility index (Phi) is 5.20. The van der Waals surface area contributed by atoms with E-state index in [1.807, 2.05) is 11.4 Å². The van der Waals surface area contributed by atoms with Gasteiger partial charge in [-0.3, -0.25) is 4.79 Å². The fourth-order valence-electron chi connectivity index (χ4n) is 1.88. The van der Waals surface area contributed by atoms with E-state index in [1.165, 1.54) is 23.5 Å². The molecule has 1 unspecified atom stereocenters. The van der Waals surface area contributed by atoms with Crippen LogP contribution in [0.5, 0.6) is 0 Å². The molecule has 7 heteroatoms. The summed E-state index contributed by atoms with van der Waals surface area (Å²) in [6.45, 7) is 0.175. The highest BCUT2D eigenvalue weighted by Gasteiger charge is 2.30. The van der Waals surface area contributed by atoms with Crippen molar-refractivity contribution in [2.45, 2.75) is 18.7 Å². The predicted octanol–water partition coefficient (Wildman–Crippen LogP) is 3.62. The number of alkyl halides is 3. The van der Waals surface area contributed by atoms with Crippen LogP contribution in [0.4, 0.5) is 13.2 Å². The van der Waals surface area contributed by atoms with E-state index < -0.39 is 23.8 Å². The zero-order valence-corrected chi connectivity index (χ0v) is 12.2. The molecule has 0 spiro atoms. The molecule has 1 aromatic carbocycles. The van der Waals surface area contributed by atoms with Crippen molar-refractivity contribution in [3.8, 4) is 0 Å². The maximum Gasteiger partial charge on any atom is 0.416 e. The zero-order valence-electron chi connectivity index (χ0n) is 11.4. The number of carbonyl (C=O) groups is 1. The van der Waals surface area contributed by atoms with Crippen LogP contribution in [0, 0.1) is 0 Å². The molecule has 118 valence electrons. The van der Waals surface area contributed by atoms with Gasteiger partial charge < -0.3 is 10.4 Å². The molecular weight excluding hydrogens is 315 g/mol. The van der Waals surface area contributed by atoms with Crippen LogP contribution in [0.3, 0.4) is 0 Å². The summed E-state index contributed by atoms with van der Waals surface area (Å²) >= 11 is 1.40. The summed E-state index contributed by atoms with van der Waals surface area (Å²) in [5.74, 6) is -0.593. The minimum atomic E-state index is -4.48. The Hall–Kier alpha value is -1.86. The first-order chi connectivity index (χ1) is 10.4. The fraction of sp³-hybridized carbons (Fsp3) is 0.267. The maximum absolute atomic E-state index is 12.6. The molecular formula is C15H14F3NO2S. The Balaban J connectivity index is 1.90. The van der Waals surface area contributed by atoms with Gasteiger partial charge >= 0.3 is 6.18 Å². The first-order valence-corrected chi connectivity index (χ1v) is 7.43. The molecule has 0 aliphatic heterocycles. The smallest absolute Gasteiger partial charge is 0.388 e. The average molecular weight is 329 g/mol. The van der Waals surface area contributed by atoms with Gasteiger partial charge in [-0.25, -0.2) is 0 Å². The number of thiophene rings is 1. The van der Waals surface area contributed by atoms with Gasteiger partial charge in [0.05, 0.1) is 11.7 Å². The van der Waals surface area contributed by atoms with Gasteiger partial charge in [-0.1, -0.05) is 12.1 Å². The lowest BCUT2D eigenvalue weighted by Crippen LogP contribution is -2.25. The van der Waals surface area contributed by atoms with E-state index in [-0.39, 0.29) is 12.1 Å². The van der Waals surface area contributed by atoms with Crippen LogP contribution < -0.4 is 5.32 Å². The number of amides is 1. The van der Waals surface area contributed by atoms with Crippen molar-refractivity contribution >= 4 is 17.2 Å². The van der Waals surface area contributed by atoms with Crippen molar-refractivity contribution in [1.29, 1.82) is 0 Å². The van der Waals surface area contributed by atoms with Gasteiger partial charge in [0, 0.05) is 17.0 Å². The van der Waals surface area contributed by atoms with E-state index in [9.17, 15) is 23.1 Å². The number of aliphatic hydroxyl groups excluding tert-OH is 1. The molecule has 1 aromatic heterocycles. The molecule has 0 radical (unpaired) electrons. The predicted molar refractivity (Wildman–Crippen MR) is 77.7 cm³/mol. The van der Waals surface area contributed by atoms with Crippen LogP contribution in [0.25, 0.3) is 0 Å². The Morgan fingerprint density at radius 3 is 2.68 bits per heavy atom. The highest BCUT2D eigenvalue weighted by Crippen LogP contribution is 2.29. The monoisotopic (exact) mass is 329 g/mol. The molecule has 2 aromatic rings. The van der Waals surface area contributed by atoms with Crippen LogP contribution in [-0.2, 0) is 6.18 Å². The van der Waals surface area contributed by atoms with Gasteiger partial charge in [0.1, 0.15) is 0 Å². The fourth-order valence-corrected chi connectivity index (χ4v) is 2.63. The molecule has 0 fully saturated rings. The average Bonchev–Trinajstić information content (AvgIpc) is 3.00. The van der Waals surface area contributed by atoms with Crippen LogP contribution in [0.1, 0.15) is 33.3 Å². The molecule has 0 bridgehead atoms. The number of aliphatic hydroxyl groups is 1. The Morgan fingerprint density at radius 1 is 1.27 bits per heavy atom. The summed E-state index contributed by atoms with van der Waals surface area (Å²) in [6.07, 6.45) is -4.88. The molecule has 0 saturated heterocycles. The van der Waals surface area contributed by atoms with Crippen molar-refractivity contribution in [2.75, 3.05) is 6.54 Å². The zero-order chi connectivity index (χ0) is 16.2. The number of nitrogens with one attached hydrogen (secondary N) is 1. The number of rotatable bonds is 5. The number of carbonyl (C=O) groups excluding carboxylic acids is 1. The molecule has 3 nitrogen and oxygen atoms in total.